The second-order valence-electron chi connectivity index (χ2n) is 6.29. The SMILES string of the molecule is CC(C)CNCCCCOc1ccc2c(c1)CCCC2. The summed E-state index contributed by atoms with van der Waals surface area (Å²) in [5.74, 6) is 1.79. The van der Waals surface area contributed by atoms with Crippen molar-refractivity contribution in [1.29, 1.82) is 0 Å². The van der Waals surface area contributed by atoms with Gasteiger partial charge in [0, 0.05) is 0 Å². The van der Waals surface area contributed by atoms with Crippen LogP contribution < -0.4 is 10.1 Å². The molecule has 0 aliphatic heterocycles. The highest BCUT2D eigenvalue weighted by molar-refractivity contribution is 5.37. The Hall–Kier alpha value is -1.02. The van der Waals surface area contributed by atoms with Gasteiger partial charge in [-0.25, -0.2) is 0 Å². The lowest BCUT2D eigenvalue weighted by atomic mass is 9.92. The summed E-state index contributed by atoms with van der Waals surface area (Å²) in [5.41, 5.74) is 3.04. The Morgan fingerprint density at radius 2 is 1.90 bits per heavy atom. The normalized spacial score (nSPS) is 14.3. The molecule has 1 aliphatic rings. The van der Waals surface area contributed by atoms with E-state index >= 15 is 0 Å². The molecule has 0 saturated carbocycles. The highest BCUT2D eigenvalue weighted by atomic mass is 16.5. The molecule has 1 aliphatic carbocycles. The molecular weight excluding hydrogens is 246 g/mol. The molecule has 1 N–H and O–H groups in total. The molecule has 0 bridgehead atoms. The molecule has 2 nitrogen and oxygen atoms in total. The smallest absolute Gasteiger partial charge is 0.119 e. The third-order valence-electron chi connectivity index (χ3n) is 3.89. The molecule has 0 saturated heterocycles. The van der Waals surface area contributed by atoms with Crippen LogP contribution in [0.5, 0.6) is 5.75 Å². The largest absolute Gasteiger partial charge is 0.494 e. The lowest BCUT2D eigenvalue weighted by Crippen LogP contribution is -2.21. The van der Waals surface area contributed by atoms with Gasteiger partial charge in [0.2, 0.25) is 0 Å². The maximum absolute atomic E-state index is 5.87. The van der Waals surface area contributed by atoms with E-state index in [4.69, 9.17) is 4.74 Å². The van der Waals surface area contributed by atoms with Crippen molar-refractivity contribution in [2.24, 2.45) is 5.92 Å². The van der Waals surface area contributed by atoms with Gasteiger partial charge in [0.25, 0.3) is 0 Å². The van der Waals surface area contributed by atoms with E-state index in [1.807, 2.05) is 0 Å². The van der Waals surface area contributed by atoms with Gasteiger partial charge in [0.15, 0.2) is 0 Å². The topological polar surface area (TPSA) is 21.3 Å². The van der Waals surface area contributed by atoms with E-state index in [2.05, 4.69) is 37.4 Å². The molecule has 20 heavy (non-hydrogen) atoms. The third kappa shape index (κ3) is 5.16. The van der Waals surface area contributed by atoms with Crippen molar-refractivity contribution >= 4 is 0 Å². The number of rotatable bonds is 8. The Kier molecular flexibility index (Phi) is 6.38. The summed E-state index contributed by atoms with van der Waals surface area (Å²) < 4.78 is 5.87. The maximum Gasteiger partial charge on any atom is 0.119 e. The number of ether oxygens (including phenoxy) is 1. The Morgan fingerprint density at radius 1 is 1.10 bits per heavy atom. The number of fused-ring (bicyclic) bond motifs is 1. The van der Waals surface area contributed by atoms with Gasteiger partial charge in [-0.15, -0.1) is 0 Å². The van der Waals surface area contributed by atoms with Crippen LogP contribution in [-0.4, -0.2) is 19.7 Å². The Labute approximate surface area is 123 Å². The summed E-state index contributed by atoms with van der Waals surface area (Å²) in [5, 5.41) is 3.47. The Balaban J connectivity index is 1.62. The van der Waals surface area contributed by atoms with Gasteiger partial charge in [0.1, 0.15) is 5.75 Å². The predicted molar refractivity (Wildman–Crippen MR) is 85.5 cm³/mol. The number of hydrogen-bond acceptors (Lipinski definition) is 2. The summed E-state index contributed by atoms with van der Waals surface area (Å²) >= 11 is 0. The van der Waals surface area contributed by atoms with E-state index in [1.54, 1.807) is 0 Å². The van der Waals surface area contributed by atoms with E-state index in [0.717, 1.165) is 37.8 Å². The fourth-order valence-corrected chi connectivity index (χ4v) is 2.73. The van der Waals surface area contributed by atoms with Crippen LogP contribution in [0, 0.1) is 5.92 Å². The van der Waals surface area contributed by atoms with Crippen LogP contribution in [0.4, 0.5) is 0 Å². The predicted octanol–water partition coefficient (Wildman–Crippen LogP) is 3.97. The van der Waals surface area contributed by atoms with E-state index < -0.39 is 0 Å². The molecule has 0 atom stereocenters. The van der Waals surface area contributed by atoms with Crippen molar-refractivity contribution < 1.29 is 4.74 Å². The first kappa shape index (κ1) is 15.4. The van der Waals surface area contributed by atoms with Crippen molar-refractivity contribution in [3.05, 3.63) is 29.3 Å². The second kappa shape index (κ2) is 8.31. The highest BCUT2D eigenvalue weighted by Crippen LogP contribution is 2.25. The molecule has 1 aromatic carbocycles. The van der Waals surface area contributed by atoms with Gasteiger partial charge in [-0.05, 0) is 80.8 Å². The number of unbranched alkanes of at least 4 members (excludes halogenated alkanes) is 1. The summed E-state index contributed by atoms with van der Waals surface area (Å²) in [7, 11) is 0. The fourth-order valence-electron chi connectivity index (χ4n) is 2.73. The molecule has 0 spiro atoms. The van der Waals surface area contributed by atoms with Gasteiger partial charge in [-0.3, -0.25) is 0 Å². The quantitative estimate of drug-likeness (QED) is 0.725. The van der Waals surface area contributed by atoms with Crippen LogP contribution in [0.1, 0.15) is 50.7 Å². The first-order chi connectivity index (χ1) is 9.75. The molecule has 112 valence electrons. The molecule has 2 rings (SSSR count). The zero-order chi connectivity index (χ0) is 14.2. The zero-order valence-electron chi connectivity index (χ0n) is 13.1. The molecule has 0 amide bonds. The number of hydrogen-bond donors (Lipinski definition) is 1. The Bertz CT molecular complexity index is 400. The van der Waals surface area contributed by atoms with Crippen LogP contribution in [0.15, 0.2) is 18.2 Å². The zero-order valence-corrected chi connectivity index (χ0v) is 13.1. The van der Waals surface area contributed by atoms with Crippen molar-refractivity contribution in [2.75, 3.05) is 19.7 Å². The Morgan fingerprint density at radius 3 is 2.70 bits per heavy atom. The maximum atomic E-state index is 5.87. The van der Waals surface area contributed by atoms with E-state index in [-0.39, 0.29) is 0 Å². The van der Waals surface area contributed by atoms with Gasteiger partial charge < -0.3 is 10.1 Å². The summed E-state index contributed by atoms with van der Waals surface area (Å²) in [6.45, 7) is 7.54. The summed E-state index contributed by atoms with van der Waals surface area (Å²) in [4.78, 5) is 0. The van der Waals surface area contributed by atoms with Gasteiger partial charge in [-0.1, -0.05) is 19.9 Å². The van der Waals surface area contributed by atoms with Crippen molar-refractivity contribution in [3.63, 3.8) is 0 Å². The minimum Gasteiger partial charge on any atom is -0.494 e. The lowest BCUT2D eigenvalue weighted by molar-refractivity contribution is 0.305. The minimum absolute atomic E-state index is 0.738. The molecular formula is C18H29NO. The molecule has 2 heteroatoms. The van der Waals surface area contributed by atoms with Crippen LogP contribution in [0.3, 0.4) is 0 Å². The minimum atomic E-state index is 0.738. The molecule has 0 aromatic heterocycles. The van der Waals surface area contributed by atoms with E-state index in [0.29, 0.717) is 0 Å². The van der Waals surface area contributed by atoms with Gasteiger partial charge in [0.05, 0.1) is 6.61 Å². The summed E-state index contributed by atoms with van der Waals surface area (Å²) in [6, 6.07) is 6.65. The first-order valence-corrected chi connectivity index (χ1v) is 8.21. The third-order valence-corrected chi connectivity index (χ3v) is 3.89. The summed E-state index contributed by atoms with van der Waals surface area (Å²) in [6.07, 6.45) is 7.47. The van der Waals surface area contributed by atoms with Crippen LogP contribution in [0.2, 0.25) is 0 Å². The average Bonchev–Trinajstić information content (AvgIpc) is 2.46. The van der Waals surface area contributed by atoms with Gasteiger partial charge in [-0.2, -0.15) is 0 Å². The molecule has 0 fully saturated rings. The standard InChI is InChI=1S/C18H29NO/c1-15(2)14-19-11-5-6-12-20-18-10-9-16-7-3-4-8-17(16)13-18/h9-10,13,15,19H,3-8,11-12,14H2,1-2H3. The molecule has 1 aromatic rings. The van der Waals surface area contributed by atoms with E-state index in [9.17, 15) is 0 Å². The monoisotopic (exact) mass is 275 g/mol. The second-order valence-corrected chi connectivity index (χ2v) is 6.29. The molecule has 0 unspecified atom stereocenters. The van der Waals surface area contributed by atoms with Crippen LogP contribution in [-0.2, 0) is 12.8 Å². The fraction of sp³-hybridized carbons (Fsp3) is 0.667. The van der Waals surface area contributed by atoms with Crippen LogP contribution in [0.25, 0.3) is 0 Å². The first-order valence-electron chi connectivity index (χ1n) is 8.21. The number of benzene rings is 1. The van der Waals surface area contributed by atoms with Crippen molar-refractivity contribution in [1.82, 2.24) is 5.32 Å². The lowest BCUT2D eigenvalue weighted by Gasteiger charge is -2.16. The average molecular weight is 275 g/mol. The van der Waals surface area contributed by atoms with E-state index in [1.165, 1.54) is 43.2 Å². The van der Waals surface area contributed by atoms with Gasteiger partial charge >= 0.3 is 0 Å². The molecule has 0 heterocycles. The number of aryl methyl sites for hydroxylation is 2. The number of nitrogens with one attached hydrogen (secondary N) is 1. The highest BCUT2D eigenvalue weighted by Gasteiger charge is 2.09. The van der Waals surface area contributed by atoms with Crippen molar-refractivity contribution in [2.45, 2.75) is 52.4 Å². The molecule has 0 radical (unpaired) electrons. The van der Waals surface area contributed by atoms with Crippen molar-refractivity contribution in [3.8, 4) is 5.75 Å². The van der Waals surface area contributed by atoms with Crippen LogP contribution >= 0.6 is 0 Å².